The molecule has 0 spiro atoms. The Morgan fingerprint density at radius 2 is 2.07 bits per heavy atom. The number of allylic oxidation sites excluding steroid dienone is 1. The van der Waals surface area contributed by atoms with E-state index in [2.05, 4.69) is 5.32 Å². The molecule has 3 rings (SSSR count). The number of carbonyl (C=O) groups is 4. The number of carboxylic acids is 1. The zero-order chi connectivity index (χ0) is 20.3. The van der Waals surface area contributed by atoms with Crippen LogP contribution in [0.15, 0.2) is 30.4 Å². The van der Waals surface area contributed by atoms with E-state index in [1.54, 1.807) is 19.1 Å². The van der Waals surface area contributed by atoms with Crippen molar-refractivity contribution in [2.45, 2.75) is 38.3 Å². The van der Waals surface area contributed by atoms with Gasteiger partial charge in [-0.2, -0.15) is 0 Å². The summed E-state index contributed by atoms with van der Waals surface area (Å²) in [6.45, 7) is 2.57. The van der Waals surface area contributed by atoms with Crippen molar-refractivity contribution < 1.29 is 29.0 Å². The second kappa shape index (κ2) is 8.35. The van der Waals surface area contributed by atoms with Gasteiger partial charge in [-0.1, -0.05) is 12.2 Å². The van der Waals surface area contributed by atoms with E-state index < -0.39 is 29.7 Å². The molecule has 2 aliphatic rings. The molecule has 2 unspecified atom stereocenters. The number of ether oxygens (including phenoxy) is 1. The van der Waals surface area contributed by atoms with Crippen molar-refractivity contribution in [1.82, 2.24) is 10.2 Å². The second-order valence-corrected chi connectivity index (χ2v) is 6.79. The Balaban J connectivity index is 1.76. The molecule has 8 nitrogen and oxygen atoms in total. The van der Waals surface area contributed by atoms with E-state index in [4.69, 9.17) is 4.74 Å². The van der Waals surface area contributed by atoms with Gasteiger partial charge in [0.2, 0.25) is 0 Å². The van der Waals surface area contributed by atoms with E-state index in [0.717, 1.165) is 17.7 Å². The fraction of sp³-hybridized carbons (Fsp3) is 0.400. The Morgan fingerprint density at radius 3 is 2.71 bits per heavy atom. The zero-order valence-electron chi connectivity index (χ0n) is 15.5. The van der Waals surface area contributed by atoms with Crippen molar-refractivity contribution in [3.63, 3.8) is 0 Å². The van der Waals surface area contributed by atoms with Crippen LogP contribution in [0.2, 0.25) is 0 Å². The quantitative estimate of drug-likeness (QED) is 0.544. The fourth-order valence-electron chi connectivity index (χ4n) is 3.32. The summed E-state index contributed by atoms with van der Waals surface area (Å²) in [7, 11) is 0. The number of amides is 3. The number of hydrogen-bond acceptors (Lipinski definition) is 5. The van der Waals surface area contributed by atoms with Crippen LogP contribution in [0.3, 0.4) is 0 Å². The highest BCUT2D eigenvalue weighted by Gasteiger charge is 2.38. The molecule has 8 heteroatoms. The van der Waals surface area contributed by atoms with Gasteiger partial charge in [-0.3, -0.25) is 19.3 Å². The van der Waals surface area contributed by atoms with Crippen LogP contribution in [0.4, 0.5) is 0 Å². The normalized spacial score (nSPS) is 19.9. The molecule has 2 atom stereocenters. The van der Waals surface area contributed by atoms with E-state index in [1.165, 1.54) is 18.2 Å². The Hall–Kier alpha value is -3.00. The third-order valence-electron chi connectivity index (χ3n) is 4.85. The standard InChI is InChI=1S/C20H22N2O6/c1-2-3-6-16(20(26)27)21-17(23)12-7-8-14-15(10-12)19(25)22(18(14)24)11-13-5-4-9-28-13/h2-3,7-8,10,13,16H,4-6,9,11H2,1H3,(H,21,23)(H,26,27)/b3-2+. The summed E-state index contributed by atoms with van der Waals surface area (Å²) in [4.78, 5) is 50.1. The van der Waals surface area contributed by atoms with Gasteiger partial charge in [0.1, 0.15) is 6.04 Å². The van der Waals surface area contributed by atoms with Crippen molar-refractivity contribution in [1.29, 1.82) is 0 Å². The summed E-state index contributed by atoms with van der Waals surface area (Å²) in [5.41, 5.74) is 0.518. The van der Waals surface area contributed by atoms with Crippen molar-refractivity contribution in [2.75, 3.05) is 13.2 Å². The molecule has 0 aliphatic carbocycles. The van der Waals surface area contributed by atoms with E-state index in [9.17, 15) is 24.3 Å². The molecule has 0 bridgehead atoms. The lowest BCUT2D eigenvalue weighted by molar-refractivity contribution is -0.139. The number of benzene rings is 1. The number of aliphatic carboxylic acids is 1. The summed E-state index contributed by atoms with van der Waals surface area (Å²) < 4.78 is 5.50. The number of carboxylic acid groups (broad SMARTS) is 1. The number of nitrogens with one attached hydrogen (secondary N) is 1. The van der Waals surface area contributed by atoms with Gasteiger partial charge >= 0.3 is 5.97 Å². The summed E-state index contributed by atoms with van der Waals surface area (Å²) in [5.74, 6) is -2.63. The number of rotatable bonds is 7. The Morgan fingerprint density at radius 1 is 1.32 bits per heavy atom. The first-order valence-corrected chi connectivity index (χ1v) is 9.19. The molecule has 0 saturated carbocycles. The van der Waals surface area contributed by atoms with Crippen LogP contribution in [0.1, 0.15) is 57.3 Å². The van der Waals surface area contributed by atoms with Crippen molar-refractivity contribution in [3.8, 4) is 0 Å². The first-order valence-electron chi connectivity index (χ1n) is 9.19. The second-order valence-electron chi connectivity index (χ2n) is 6.79. The molecule has 2 N–H and O–H groups in total. The van der Waals surface area contributed by atoms with Gasteiger partial charge in [0.25, 0.3) is 17.7 Å². The molecule has 1 aromatic rings. The molecule has 0 aromatic heterocycles. The predicted molar refractivity (Wildman–Crippen MR) is 99.1 cm³/mol. The molecule has 1 fully saturated rings. The summed E-state index contributed by atoms with van der Waals surface area (Å²) in [6.07, 6.45) is 5.03. The summed E-state index contributed by atoms with van der Waals surface area (Å²) in [5, 5.41) is 11.7. The van der Waals surface area contributed by atoms with E-state index in [-0.39, 0.29) is 35.8 Å². The van der Waals surface area contributed by atoms with E-state index in [0.29, 0.717) is 6.61 Å². The van der Waals surface area contributed by atoms with Gasteiger partial charge in [0.05, 0.1) is 23.8 Å². The van der Waals surface area contributed by atoms with Gasteiger partial charge in [-0.15, -0.1) is 0 Å². The SMILES string of the molecule is C/C=C/CC(NC(=O)c1ccc2c(c1)C(=O)N(CC1CCCO1)C2=O)C(=O)O. The number of fused-ring (bicyclic) bond motifs is 1. The van der Waals surface area contributed by atoms with E-state index in [1.807, 2.05) is 0 Å². The molecule has 3 amide bonds. The van der Waals surface area contributed by atoms with Crippen LogP contribution in [0.25, 0.3) is 0 Å². The van der Waals surface area contributed by atoms with Crippen LogP contribution in [-0.4, -0.2) is 59.0 Å². The minimum absolute atomic E-state index is 0.130. The maximum absolute atomic E-state index is 12.7. The Kier molecular flexibility index (Phi) is 5.89. The first kappa shape index (κ1) is 19.8. The van der Waals surface area contributed by atoms with Gasteiger partial charge in [-0.05, 0) is 44.4 Å². The largest absolute Gasteiger partial charge is 0.480 e. The minimum Gasteiger partial charge on any atom is -0.480 e. The monoisotopic (exact) mass is 386 g/mol. The van der Waals surface area contributed by atoms with Gasteiger partial charge < -0.3 is 15.2 Å². The highest BCUT2D eigenvalue weighted by atomic mass is 16.5. The smallest absolute Gasteiger partial charge is 0.326 e. The van der Waals surface area contributed by atoms with Gasteiger partial charge in [-0.25, -0.2) is 4.79 Å². The van der Waals surface area contributed by atoms with Crippen molar-refractivity contribution in [2.24, 2.45) is 0 Å². The Bertz CT molecular complexity index is 841. The molecular weight excluding hydrogens is 364 g/mol. The average molecular weight is 386 g/mol. The molecule has 0 radical (unpaired) electrons. The molecule has 2 aliphatic heterocycles. The third-order valence-corrected chi connectivity index (χ3v) is 4.85. The van der Waals surface area contributed by atoms with Crippen LogP contribution in [-0.2, 0) is 9.53 Å². The van der Waals surface area contributed by atoms with Crippen LogP contribution in [0.5, 0.6) is 0 Å². The topological polar surface area (TPSA) is 113 Å². The lowest BCUT2D eigenvalue weighted by Gasteiger charge is -2.17. The third kappa shape index (κ3) is 3.96. The first-order chi connectivity index (χ1) is 13.4. The highest BCUT2D eigenvalue weighted by molar-refractivity contribution is 6.22. The van der Waals surface area contributed by atoms with Crippen LogP contribution < -0.4 is 5.32 Å². The number of imide groups is 1. The fourth-order valence-corrected chi connectivity index (χ4v) is 3.32. The van der Waals surface area contributed by atoms with Crippen LogP contribution in [0, 0.1) is 0 Å². The lowest BCUT2D eigenvalue weighted by atomic mass is 10.0. The van der Waals surface area contributed by atoms with Crippen LogP contribution >= 0.6 is 0 Å². The average Bonchev–Trinajstić information content (AvgIpc) is 3.27. The zero-order valence-corrected chi connectivity index (χ0v) is 15.5. The van der Waals surface area contributed by atoms with E-state index >= 15 is 0 Å². The van der Waals surface area contributed by atoms with Crippen molar-refractivity contribution in [3.05, 3.63) is 47.0 Å². The van der Waals surface area contributed by atoms with Gasteiger partial charge in [0.15, 0.2) is 0 Å². The van der Waals surface area contributed by atoms with Crippen molar-refractivity contribution >= 4 is 23.7 Å². The Labute approximate surface area is 162 Å². The molecular formula is C20H22N2O6. The summed E-state index contributed by atoms with van der Waals surface area (Å²) >= 11 is 0. The maximum atomic E-state index is 12.7. The predicted octanol–water partition coefficient (Wildman–Crippen LogP) is 1.61. The lowest BCUT2D eigenvalue weighted by Crippen LogP contribution is -2.40. The molecule has 148 valence electrons. The maximum Gasteiger partial charge on any atom is 0.326 e. The number of nitrogens with zero attached hydrogens (tertiary/aromatic N) is 1. The molecule has 1 saturated heterocycles. The molecule has 2 heterocycles. The number of hydrogen-bond donors (Lipinski definition) is 2. The highest BCUT2D eigenvalue weighted by Crippen LogP contribution is 2.26. The summed E-state index contributed by atoms with van der Waals surface area (Å²) in [6, 6.07) is 3.12. The molecule has 1 aromatic carbocycles. The minimum atomic E-state index is -1.15. The number of carbonyl (C=O) groups excluding carboxylic acids is 3. The molecule has 28 heavy (non-hydrogen) atoms. The van der Waals surface area contributed by atoms with Gasteiger partial charge in [0, 0.05) is 12.2 Å².